The minimum Gasteiger partial charge on any atom is -0.462 e. The van der Waals surface area contributed by atoms with Crippen LogP contribution in [0.5, 0.6) is 0 Å². The molecule has 0 heterocycles. The summed E-state index contributed by atoms with van der Waals surface area (Å²) in [6, 6.07) is 4.85. The van der Waals surface area contributed by atoms with Crippen molar-refractivity contribution in [2.24, 2.45) is 5.92 Å². The van der Waals surface area contributed by atoms with E-state index in [-0.39, 0.29) is 12.5 Å². The van der Waals surface area contributed by atoms with Gasteiger partial charge in [-0.2, -0.15) is 13.2 Å². The van der Waals surface area contributed by atoms with Crippen LogP contribution in [-0.4, -0.2) is 18.8 Å². The Morgan fingerprint density at radius 2 is 1.67 bits per heavy atom. The molecule has 1 rings (SSSR count). The predicted molar refractivity (Wildman–Crippen MR) is 94.7 cm³/mol. The third-order valence-corrected chi connectivity index (χ3v) is 3.80. The molecule has 0 radical (unpaired) electrons. The fraction of sp³-hybridized carbons (Fsp3) is 0.500. The first-order chi connectivity index (χ1) is 11.2. The molecule has 0 unspecified atom stereocenters. The minimum absolute atomic E-state index is 0.0245. The van der Waals surface area contributed by atoms with Crippen molar-refractivity contribution in [2.75, 3.05) is 12.9 Å². The highest BCUT2D eigenvalue weighted by molar-refractivity contribution is 8.03. The molecule has 0 saturated carbocycles. The number of carbonyl (C=O) groups is 1. The van der Waals surface area contributed by atoms with E-state index in [0.717, 1.165) is 12.1 Å². The second-order valence-corrected chi connectivity index (χ2v) is 5.71. The van der Waals surface area contributed by atoms with Crippen molar-refractivity contribution in [3.8, 4) is 0 Å². The number of halogens is 3. The van der Waals surface area contributed by atoms with Gasteiger partial charge in [-0.05, 0) is 42.4 Å². The zero-order valence-corrected chi connectivity index (χ0v) is 15.8. The van der Waals surface area contributed by atoms with Gasteiger partial charge in [0.15, 0.2) is 0 Å². The van der Waals surface area contributed by atoms with Crippen LogP contribution in [0, 0.1) is 5.92 Å². The maximum atomic E-state index is 12.6. The van der Waals surface area contributed by atoms with Gasteiger partial charge >= 0.3 is 12.1 Å². The Balaban J connectivity index is 0.00000254. The molecule has 0 spiro atoms. The molecule has 0 saturated heterocycles. The van der Waals surface area contributed by atoms with Crippen LogP contribution in [0.4, 0.5) is 13.2 Å². The zero-order valence-electron chi connectivity index (χ0n) is 15.0. The summed E-state index contributed by atoms with van der Waals surface area (Å²) in [4.78, 5) is 12.5. The van der Waals surface area contributed by atoms with Gasteiger partial charge in [-0.15, -0.1) is 11.8 Å². The van der Waals surface area contributed by atoms with Gasteiger partial charge in [-0.1, -0.05) is 39.8 Å². The highest BCUT2D eigenvalue weighted by Crippen LogP contribution is 2.35. The molecule has 0 aliphatic heterocycles. The van der Waals surface area contributed by atoms with Gasteiger partial charge in [0.25, 0.3) is 0 Å². The first-order valence-corrected chi connectivity index (χ1v) is 9.07. The maximum Gasteiger partial charge on any atom is 0.416 e. The first-order valence-electron chi connectivity index (χ1n) is 7.85. The molecule has 0 N–H and O–H groups in total. The summed E-state index contributed by atoms with van der Waals surface area (Å²) in [6.45, 7) is 9.75. The van der Waals surface area contributed by atoms with Gasteiger partial charge in [0.05, 0.1) is 17.1 Å². The van der Waals surface area contributed by atoms with E-state index in [9.17, 15) is 18.0 Å². The maximum absolute atomic E-state index is 12.6. The Morgan fingerprint density at radius 3 is 2.00 bits per heavy atom. The number of benzene rings is 1. The summed E-state index contributed by atoms with van der Waals surface area (Å²) in [5, 5.41) is 0. The zero-order chi connectivity index (χ0) is 18.9. The summed E-state index contributed by atoms with van der Waals surface area (Å²) in [7, 11) is 0. The lowest BCUT2D eigenvalue weighted by Crippen LogP contribution is -2.10. The average molecular weight is 362 g/mol. The van der Waals surface area contributed by atoms with Crippen molar-refractivity contribution < 1.29 is 22.7 Å². The largest absolute Gasteiger partial charge is 0.462 e. The van der Waals surface area contributed by atoms with E-state index < -0.39 is 17.7 Å². The van der Waals surface area contributed by atoms with E-state index in [0.29, 0.717) is 16.0 Å². The van der Waals surface area contributed by atoms with Crippen LogP contribution in [0.1, 0.15) is 45.7 Å². The third-order valence-electron chi connectivity index (χ3n) is 3.01. The van der Waals surface area contributed by atoms with Crippen molar-refractivity contribution in [3.63, 3.8) is 0 Å². The summed E-state index contributed by atoms with van der Waals surface area (Å²) in [5.41, 5.74) is 0.585. The van der Waals surface area contributed by atoms with Crippen molar-refractivity contribution in [1.82, 2.24) is 0 Å². The van der Waals surface area contributed by atoms with Crippen LogP contribution in [0.3, 0.4) is 0 Å². The molecule has 136 valence electrons. The number of alkyl halides is 3. The quantitative estimate of drug-likeness (QED) is 0.473. The number of hydrogen-bond acceptors (Lipinski definition) is 3. The molecule has 0 bridgehead atoms. The normalized spacial score (nSPS) is 12.2. The predicted octanol–water partition coefficient (Wildman–Crippen LogP) is 6.02. The number of rotatable bonds is 5. The lowest BCUT2D eigenvalue weighted by molar-refractivity contribution is -0.138. The Hall–Kier alpha value is -1.43. The SMILES string of the molecule is CC.CCOC(=O)/C(SC)=C(\c1ccc(C(F)(F)F)cc1)C(C)C. The lowest BCUT2D eigenvalue weighted by Gasteiger charge is -2.17. The Labute approximate surface area is 146 Å². The van der Waals surface area contributed by atoms with Crippen molar-refractivity contribution in [3.05, 3.63) is 40.3 Å². The highest BCUT2D eigenvalue weighted by Gasteiger charge is 2.30. The summed E-state index contributed by atoms with van der Waals surface area (Å²) in [6.07, 6.45) is -2.62. The summed E-state index contributed by atoms with van der Waals surface area (Å²) in [5.74, 6) is -0.470. The number of hydrogen-bond donors (Lipinski definition) is 0. The van der Waals surface area contributed by atoms with E-state index in [2.05, 4.69) is 0 Å². The highest BCUT2D eigenvalue weighted by atomic mass is 32.2. The Bertz CT molecular complexity index is 546. The van der Waals surface area contributed by atoms with E-state index in [4.69, 9.17) is 4.74 Å². The van der Waals surface area contributed by atoms with Crippen LogP contribution < -0.4 is 0 Å². The van der Waals surface area contributed by atoms with Gasteiger partial charge in [-0.25, -0.2) is 4.79 Å². The van der Waals surface area contributed by atoms with Crippen LogP contribution in [0.2, 0.25) is 0 Å². The van der Waals surface area contributed by atoms with E-state index in [1.165, 1.54) is 23.9 Å². The van der Waals surface area contributed by atoms with E-state index in [1.807, 2.05) is 27.7 Å². The number of carbonyl (C=O) groups excluding carboxylic acids is 1. The molecule has 24 heavy (non-hydrogen) atoms. The fourth-order valence-corrected chi connectivity index (χ4v) is 2.86. The molecular weight excluding hydrogens is 337 g/mol. The van der Waals surface area contributed by atoms with Crippen LogP contribution >= 0.6 is 11.8 Å². The number of thioether (sulfide) groups is 1. The van der Waals surface area contributed by atoms with Crippen LogP contribution in [-0.2, 0) is 15.7 Å². The second kappa shape index (κ2) is 10.4. The number of allylic oxidation sites excluding steroid dienone is 1. The molecule has 2 nitrogen and oxygen atoms in total. The van der Waals surface area contributed by atoms with Gasteiger partial charge < -0.3 is 4.74 Å². The van der Waals surface area contributed by atoms with Crippen LogP contribution in [0.25, 0.3) is 5.57 Å². The smallest absolute Gasteiger partial charge is 0.416 e. The molecule has 6 heteroatoms. The molecule has 0 aliphatic rings. The molecule has 0 aromatic heterocycles. The summed E-state index contributed by atoms with van der Waals surface area (Å²) < 4.78 is 43.0. The minimum atomic E-state index is -4.37. The van der Waals surface area contributed by atoms with Gasteiger partial charge in [0.2, 0.25) is 0 Å². The van der Waals surface area contributed by atoms with Gasteiger partial charge in [0.1, 0.15) is 0 Å². The monoisotopic (exact) mass is 362 g/mol. The second-order valence-electron chi connectivity index (χ2n) is 4.90. The molecule has 0 atom stereocenters. The molecule has 0 aliphatic carbocycles. The Morgan fingerprint density at radius 1 is 1.17 bits per heavy atom. The van der Waals surface area contributed by atoms with Crippen LogP contribution in [0.15, 0.2) is 29.2 Å². The number of ether oxygens (including phenoxy) is 1. The Kier molecular flexibility index (Phi) is 9.82. The van der Waals surface area contributed by atoms with E-state index in [1.54, 1.807) is 13.2 Å². The topological polar surface area (TPSA) is 26.3 Å². The molecule has 1 aromatic rings. The lowest BCUT2D eigenvalue weighted by atomic mass is 9.94. The van der Waals surface area contributed by atoms with Gasteiger partial charge in [0, 0.05) is 0 Å². The molecular formula is C18H25F3O2S. The third kappa shape index (κ3) is 6.23. The number of esters is 1. The van der Waals surface area contributed by atoms with E-state index >= 15 is 0 Å². The standard InChI is InChI=1S/C16H19F3O2S.C2H6/c1-5-21-15(20)14(22-4)13(10(2)3)11-6-8-12(9-7-11)16(17,18)19;1-2/h6-10H,5H2,1-4H3;1-2H3/b14-13+;. The molecule has 0 fully saturated rings. The average Bonchev–Trinajstić information content (AvgIpc) is 2.53. The molecule has 0 amide bonds. The van der Waals surface area contributed by atoms with Crippen molar-refractivity contribution >= 4 is 23.3 Å². The summed E-state index contributed by atoms with van der Waals surface area (Å²) >= 11 is 1.24. The molecule has 1 aromatic carbocycles. The van der Waals surface area contributed by atoms with Crippen molar-refractivity contribution in [1.29, 1.82) is 0 Å². The first kappa shape index (κ1) is 22.6. The van der Waals surface area contributed by atoms with Crippen molar-refractivity contribution in [2.45, 2.75) is 40.8 Å². The van der Waals surface area contributed by atoms with Gasteiger partial charge in [-0.3, -0.25) is 0 Å². The fourth-order valence-electron chi connectivity index (χ4n) is 2.07.